The third kappa shape index (κ3) is 5.40. The van der Waals surface area contributed by atoms with Crippen molar-refractivity contribution in [3.63, 3.8) is 0 Å². The molecule has 3 rings (SSSR count). The van der Waals surface area contributed by atoms with E-state index >= 15 is 0 Å². The van der Waals surface area contributed by atoms with Crippen LogP contribution in [-0.2, 0) is 11.2 Å². The number of phenols is 1. The minimum Gasteiger partial charge on any atom is -0.508 e. The lowest BCUT2D eigenvalue weighted by Crippen LogP contribution is -2.31. The van der Waals surface area contributed by atoms with Gasteiger partial charge in [0.05, 0.1) is 18.2 Å². The minimum atomic E-state index is -0.992. The second-order valence-corrected chi connectivity index (χ2v) is 7.14. The van der Waals surface area contributed by atoms with Crippen molar-refractivity contribution in [1.82, 2.24) is 10.3 Å². The van der Waals surface area contributed by atoms with Gasteiger partial charge in [0.2, 0.25) is 5.91 Å². The second kappa shape index (κ2) is 8.67. The van der Waals surface area contributed by atoms with Crippen molar-refractivity contribution in [1.29, 1.82) is 0 Å². The number of hydrogen-bond donors (Lipinski definition) is 5. The molecular weight excluding hydrogens is 370 g/mol. The molecule has 2 aromatic rings. The largest absolute Gasteiger partial charge is 0.508 e. The second-order valence-electron chi connectivity index (χ2n) is 6.70. The van der Waals surface area contributed by atoms with Gasteiger partial charge in [0.15, 0.2) is 0 Å². The molecule has 1 aromatic heterocycles. The maximum Gasteiger partial charge on any atom is 0.228 e. The third-order valence-corrected chi connectivity index (χ3v) is 4.77. The van der Waals surface area contributed by atoms with E-state index in [1.807, 2.05) is 0 Å². The van der Waals surface area contributed by atoms with Gasteiger partial charge in [-0.15, -0.1) is 0 Å². The van der Waals surface area contributed by atoms with Crippen LogP contribution in [0, 0.1) is 0 Å². The van der Waals surface area contributed by atoms with E-state index in [4.69, 9.17) is 11.6 Å². The molecule has 1 amide bonds. The molecule has 1 fully saturated rings. The maximum atomic E-state index is 12.2. The van der Waals surface area contributed by atoms with Crippen LogP contribution in [0.15, 0.2) is 36.5 Å². The Morgan fingerprint density at radius 3 is 2.85 bits per heavy atom. The van der Waals surface area contributed by atoms with Gasteiger partial charge in [0, 0.05) is 28.5 Å². The summed E-state index contributed by atoms with van der Waals surface area (Å²) < 4.78 is 0. The normalized spacial score (nSPS) is 20.4. The van der Waals surface area contributed by atoms with Crippen molar-refractivity contribution in [3.05, 3.63) is 52.8 Å². The lowest BCUT2D eigenvalue weighted by molar-refractivity contribution is -0.115. The molecule has 0 spiro atoms. The summed E-state index contributed by atoms with van der Waals surface area (Å²) in [4.78, 5) is 16.4. The van der Waals surface area contributed by atoms with E-state index in [9.17, 15) is 20.1 Å². The van der Waals surface area contributed by atoms with E-state index in [0.29, 0.717) is 34.8 Å². The molecule has 0 radical (unpaired) electrons. The number of rotatable bonds is 6. The first-order chi connectivity index (χ1) is 12.9. The number of nitrogens with one attached hydrogen (secondary N) is 2. The molecule has 144 valence electrons. The van der Waals surface area contributed by atoms with Gasteiger partial charge >= 0.3 is 0 Å². The van der Waals surface area contributed by atoms with Crippen LogP contribution in [0.1, 0.15) is 36.7 Å². The summed E-state index contributed by atoms with van der Waals surface area (Å²) in [7, 11) is 0. The molecule has 1 aliphatic rings. The van der Waals surface area contributed by atoms with Crippen molar-refractivity contribution in [3.8, 4) is 5.75 Å². The summed E-state index contributed by atoms with van der Waals surface area (Å²) in [5, 5.41) is 35.9. The van der Waals surface area contributed by atoms with Gasteiger partial charge in [-0.3, -0.25) is 15.1 Å². The van der Waals surface area contributed by atoms with Gasteiger partial charge in [-0.1, -0.05) is 11.6 Å². The van der Waals surface area contributed by atoms with Gasteiger partial charge in [-0.25, -0.2) is 0 Å². The van der Waals surface area contributed by atoms with Crippen LogP contribution in [0.3, 0.4) is 0 Å². The number of benzene rings is 1. The zero-order valence-corrected chi connectivity index (χ0v) is 15.4. The quantitative estimate of drug-likeness (QED) is 0.482. The first-order valence-electron chi connectivity index (χ1n) is 8.76. The number of nitrogens with zero attached hydrogens (tertiary/aromatic N) is 1. The molecule has 8 heteroatoms. The first kappa shape index (κ1) is 19.6. The Labute approximate surface area is 162 Å². The highest BCUT2D eigenvalue weighted by Gasteiger charge is 2.25. The number of carbonyl (C=O) groups is 1. The van der Waals surface area contributed by atoms with E-state index in [2.05, 4.69) is 15.6 Å². The molecule has 27 heavy (non-hydrogen) atoms. The zero-order valence-electron chi connectivity index (χ0n) is 14.6. The fraction of sp³-hybridized carbons (Fsp3) is 0.368. The highest BCUT2D eigenvalue weighted by atomic mass is 35.5. The van der Waals surface area contributed by atoms with Crippen LogP contribution >= 0.6 is 11.6 Å². The molecule has 3 atom stereocenters. The Morgan fingerprint density at radius 2 is 2.11 bits per heavy atom. The number of hydrogen-bond acceptors (Lipinski definition) is 6. The van der Waals surface area contributed by atoms with Gasteiger partial charge in [-0.05, 0) is 49.6 Å². The molecule has 7 nitrogen and oxygen atoms in total. The Kier molecular flexibility index (Phi) is 6.28. The van der Waals surface area contributed by atoms with Crippen molar-refractivity contribution < 1.29 is 20.1 Å². The summed E-state index contributed by atoms with van der Waals surface area (Å²) in [5.74, 6) is -0.325. The van der Waals surface area contributed by atoms with Crippen molar-refractivity contribution in [2.24, 2.45) is 0 Å². The lowest BCUT2D eigenvalue weighted by Gasteiger charge is -2.18. The first-order valence-corrected chi connectivity index (χ1v) is 9.14. The molecule has 0 aliphatic heterocycles. The predicted molar refractivity (Wildman–Crippen MR) is 101 cm³/mol. The summed E-state index contributed by atoms with van der Waals surface area (Å²) in [6.07, 6.45) is 2.23. The van der Waals surface area contributed by atoms with E-state index < -0.39 is 6.23 Å². The van der Waals surface area contributed by atoms with Crippen LogP contribution in [0.5, 0.6) is 5.75 Å². The molecule has 1 aliphatic carbocycles. The number of aromatic hydroxyl groups is 1. The van der Waals surface area contributed by atoms with Gasteiger partial charge < -0.3 is 20.6 Å². The number of anilines is 1. The topological polar surface area (TPSA) is 115 Å². The molecule has 0 saturated heterocycles. The van der Waals surface area contributed by atoms with Crippen LogP contribution < -0.4 is 10.6 Å². The smallest absolute Gasteiger partial charge is 0.228 e. The van der Waals surface area contributed by atoms with Gasteiger partial charge in [-0.2, -0.15) is 0 Å². The fourth-order valence-corrected chi connectivity index (χ4v) is 3.36. The number of amides is 1. The molecule has 1 unspecified atom stereocenters. The molecule has 1 saturated carbocycles. The Balaban J connectivity index is 1.61. The average molecular weight is 392 g/mol. The number of carbonyl (C=O) groups excluding carboxylic acids is 1. The number of aliphatic hydroxyl groups excluding tert-OH is 2. The monoisotopic (exact) mass is 391 g/mol. The number of aliphatic hydroxyl groups is 2. The summed E-state index contributed by atoms with van der Waals surface area (Å²) in [6, 6.07) is 7.76. The molecule has 0 bridgehead atoms. The van der Waals surface area contributed by atoms with Crippen LogP contribution in [-0.4, -0.2) is 38.4 Å². The summed E-state index contributed by atoms with van der Waals surface area (Å²) in [6.45, 7) is 0. The van der Waals surface area contributed by atoms with Crippen LogP contribution in [0.4, 0.5) is 5.69 Å². The summed E-state index contributed by atoms with van der Waals surface area (Å²) >= 11 is 5.89. The van der Waals surface area contributed by atoms with E-state index in [-0.39, 0.29) is 30.2 Å². The maximum absolute atomic E-state index is 12.2. The van der Waals surface area contributed by atoms with Crippen LogP contribution in [0.2, 0.25) is 5.02 Å². The summed E-state index contributed by atoms with van der Waals surface area (Å²) in [5.41, 5.74) is 1.29. The molecule has 1 aromatic carbocycles. The van der Waals surface area contributed by atoms with E-state index in [0.717, 1.165) is 6.42 Å². The number of aromatic nitrogens is 1. The average Bonchev–Trinajstić information content (AvgIpc) is 3.03. The Bertz CT molecular complexity index is 817. The van der Waals surface area contributed by atoms with Crippen molar-refractivity contribution in [2.75, 3.05) is 5.32 Å². The zero-order chi connectivity index (χ0) is 19.4. The SMILES string of the molecule is O=C(Cc1cc(Cl)ccc1O)Nc1ccnc(C(O)N[C@H]2CC[C@@H](O)C2)c1. The number of halogens is 1. The third-order valence-electron chi connectivity index (χ3n) is 4.54. The Hall–Kier alpha value is -2.19. The number of pyridine rings is 1. The highest BCUT2D eigenvalue weighted by Crippen LogP contribution is 2.24. The Morgan fingerprint density at radius 1 is 1.30 bits per heavy atom. The molecular formula is C19H22ClN3O4. The van der Waals surface area contributed by atoms with Gasteiger partial charge in [0.1, 0.15) is 12.0 Å². The predicted octanol–water partition coefficient (Wildman–Crippen LogP) is 2.12. The van der Waals surface area contributed by atoms with E-state index in [1.165, 1.54) is 18.3 Å². The van der Waals surface area contributed by atoms with E-state index in [1.54, 1.807) is 18.2 Å². The highest BCUT2D eigenvalue weighted by molar-refractivity contribution is 6.30. The minimum absolute atomic E-state index is 0.00309. The van der Waals surface area contributed by atoms with Gasteiger partial charge in [0.25, 0.3) is 0 Å². The standard InChI is InChI=1S/C19H22ClN3O4/c20-12-1-4-17(25)11(7-12)8-18(26)22-14-5-6-21-16(10-14)19(27)23-13-2-3-15(24)9-13/h1,4-7,10,13,15,19,23-25,27H,2-3,8-9H2,(H,21,22,26)/t13-,15+,19?/m0/s1. The lowest BCUT2D eigenvalue weighted by atomic mass is 10.1. The van der Waals surface area contributed by atoms with Crippen molar-refractivity contribution in [2.45, 2.75) is 44.1 Å². The van der Waals surface area contributed by atoms with Crippen LogP contribution in [0.25, 0.3) is 0 Å². The number of phenolic OH excluding ortho intramolecular Hbond substituents is 1. The fourth-order valence-electron chi connectivity index (χ4n) is 3.17. The molecule has 1 heterocycles. The molecule has 5 N–H and O–H groups in total. The van der Waals surface area contributed by atoms with Crippen molar-refractivity contribution >= 4 is 23.2 Å².